The number of esters is 1. The molecule has 1 saturated heterocycles. The highest BCUT2D eigenvalue weighted by molar-refractivity contribution is 5.98. The molecule has 1 aromatic carbocycles. The van der Waals surface area contributed by atoms with Gasteiger partial charge in [0.05, 0.1) is 24.0 Å². The van der Waals surface area contributed by atoms with E-state index in [1.165, 1.54) is 7.11 Å². The maximum atomic E-state index is 13.0. The fourth-order valence-electron chi connectivity index (χ4n) is 4.26. The molecule has 12 heteroatoms. The second-order valence-electron chi connectivity index (χ2n) is 8.37. The zero-order valence-electron chi connectivity index (χ0n) is 19.6. The molecule has 0 atom stereocenters. The molecule has 1 fully saturated rings. The maximum Gasteiger partial charge on any atom is 0.453 e. The van der Waals surface area contributed by atoms with E-state index in [0.29, 0.717) is 28.2 Å². The number of rotatable bonds is 6. The van der Waals surface area contributed by atoms with Gasteiger partial charge >= 0.3 is 12.1 Å². The van der Waals surface area contributed by atoms with Crippen molar-refractivity contribution >= 4 is 29.0 Å². The lowest BCUT2D eigenvalue weighted by molar-refractivity contribution is -0.144. The molecule has 4 rings (SSSR count). The highest BCUT2D eigenvalue weighted by Gasteiger charge is 2.37. The number of hydrogen-bond donors (Lipinski definition) is 1. The number of aromatic nitrogens is 4. The van der Waals surface area contributed by atoms with Crippen LogP contribution in [0.1, 0.15) is 52.4 Å². The fraction of sp³-hybridized carbons (Fsp3) is 0.435. The number of halogens is 3. The van der Waals surface area contributed by atoms with Gasteiger partial charge in [0.2, 0.25) is 5.91 Å². The first-order valence-electron chi connectivity index (χ1n) is 11.2. The number of aryl methyl sites for hydroxylation is 2. The lowest BCUT2D eigenvalue weighted by Gasteiger charge is -2.22. The number of ether oxygens (including phenoxy) is 1. The second-order valence-corrected chi connectivity index (χ2v) is 8.37. The number of methoxy groups -OCH3 is 1. The van der Waals surface area contributed by atoms with Gasteiger partial charge in [-0.15, -0.1) is 5.10 Å². The molecule has 0 spiro atoms. The molecular formula is C23H25F3N6O3. The molecule has 1 aliphatic heterocycles. The summed E-state index contributed by atoms with van der Waals surface area (Å²) < 4.78 is 44.9. The van der Waals surface area contributed by atoms with Crippen molar-refractivity contribution in [2.24, 2.45) is 0 Å². The normalized spacial score (nSPS) is 13.9. The summed E-state index contributed by atoms with van der Waals surface area (Å²) in [5.41, 5.74) is 3.19. The minimum Gasteiger partial charge on any atom is -0.465 e. The molecule has 35 heavy (non-hydrogen) atoms. The number of benzene rings is 1. The van der Waals surface area contributed by atoms with E-state index in [-0.39, 0.29) is 24.5 Å². The molecule has 0 aliphatic carbocycles. The predicted octanol–water partition coefficient (Wildman–Crippen LogP) is 3.72. The zero-order valence-corrected chi connectivity index (χ0v) is 19.6. The lowest BCUT2D eigenvalue weighted by atomic mass is 10.1. The minimum absolute atomic E-state index is 0.0532. The van der Waals surface area contributed by atoms with Crippen LogP contribution in [0.15, 0.2) is 18.2 Å². The number of carbonyl (C=O) groups is 2. The van der Waals surface area contributed by atoms with Crippen LogP contribution in [0.4, 0.5) is 24.5 Å². The molecule has 3 aromatic rings. The highest BCUT2D eigenvalue weighted by Crippen LogP contribution is 2.31. The van der Waals surface area contributed by atoms with Gasteiger partial charge in [-0.25, -0.2) is 14.3 Å². The summed E-state index contributed by atoms with van der Waals surface area (Å²) >= 11 is 0. The average Bonchev–Trinajstić information content (AvgIpc) is 3.48. The Morgan fingerprint density at radius 2 is 1.86 bits per heavy atom. The summed E-state index contributed by atoms with van der Waals surface area (Å²) in [4.78, 5) is 34.6. The number of fused-ring (bicyclic) bond motifs is 1. The van der Waals surface area contributed by atoms with E-state index in [0.717, 1.165) is 36.1 Å². The van der Waals surface area contributed by atoms with Crippen LogP contribution in [-0.2, 0) is 22.1 Å². The molecule has 2 aromatic heterocycles. The second kappa shape index (κ2) is 9.51. The minimum atomic E-state index is -4.68. The molecular weight excluding hydrogens is 465 g/mol. The van der Waals surface area contributed by atoms with Gasteiger partial charge in [0.25, 0.3) is 11.6 Å². The fourth-order valence-corrected chi connectivity index (χ4v) is 4.26. The number of nitrogens with zero attached hydrogens (tertiary/aromatic N) is 5. The van der Waals surface area contributed by atoms with Crippen LogP contribution < -0.4 is 10.2 Å². The van der Waals surface area contributed by atoms with E-state index in [9.17, 15) is 22.8 Å². The molecule has 1 aliphatic rings. The first-order valence-corrected chi connectivity index (χ1v) is 11.2. The standard InChI is InChI=1S/C23H25F3N6O3/c1-13-16(14(2)32-22(27-13)29-21(30-32)23(24,25)26)7-9-19(33)28-17-12-15(20(34)35-3)6-8-18(17)31-10-4-5-11-31/h6,8,12H,4-5,7,9-11H2,1-3H3,(H,28,33). The Morgan fingerprint density at radius 1 is 1.14 bits per heavy atom. The summed E-state index contributed by atoms with van der Waals surface area (Å²) in [6.07, 6.45) is -2.31. The van der Waals surface area contributed by atoms with Crippen LogP contribution >= 0.6 is 0 Å². The molecule has 9 nitrogen and oxygen atoms in total. The summed E-state index contributed by atoms with van der Waals surface area (Å²) in [7, 11) is 1.29. The molecule has 3 heterocycles. The maximum absolute atomic E-state index is 13.0. The quantitative estimate of drug-likeness (QED) is 0.526. The van der Waals surface area contributed by atoms with Gasteiger partial charge in [0.1, 0.15) is 0 Å². The van der Waals surface area contributed by atoms with Crippen molar-refractivity contribution in [1.82, 2.24) is 19.6 Å². The molecule has 0 radical (unpaired) electrons. The molecule has 0 saturated carbocycles. The Hall–Kier alpha value is -3.70. The Bertz CT molecular complexity index is 1280. The van der Waals surface area contributed by atoms with Crippen molar-refractivity contribution in [3.8, 4) is 0 Å². The number of carbonyl (C=O) groups excluding carboxylic acids is 2. The average molecular weight is 490 g/mol. The molecule has 0 bridgehead atoms. The first-order chi connectivity index (χ1) is 16.6. The Balaban J connectivity index is 1.54. The van der Waals surface area contributed by atoms with Crippen LogP contribution in [0.25, 0.3) is 5.78 Å². The van der Waals surface area contributed by atoms with Crippen molar-refractivity contribution in [2.45, 2.75) is 45.7 Å². The monoisotopic (exact) mass is 490 g/mol. The largest absolute Gasteiger partial charge is 0.465 e. The molecule has 1 amide bonds. The molecule has 1 N–H and O–H groups in total. The highest BCUT2D eigenvalue weighted by atomic mass is 19.4. The van der Waals surface area contributed by atoms with Crippen molar-refractivity contribution < 1.29 is 27.5 Å². The van der Waals surface area contributed by atoms with Crippen LogP contribution in [0.3, 0.4) is 0 Å². The van der Waals surface area contributed by atoms with Crippen LogP contribution in [0, 0.1) is 13.8 Å². The van der Waals surface area contributed by atoms with Gasteiger partial charge in [-0.3, -0.25) is 4.79 Å². The summed E-state index contributed by atoms with van der Waals surface area (Å²) in [5, 5.41) is 6.42. The lowest BCUT2D eigenvalue weighted by Crippen LogP contribution is -2.22. The zero-order chi connectivity index (χ0) is 25.3. The third-order valence-corrected chi connectivity index (χ3v) is 6.04. The number of amides is 1. The van der Waals surface area contributed by atoms with Gasteiger partial charge in [-0.2, -0.15) is 18.2 Å². The van der Waals surface area contributed by atoms with E-state index in [2.05, 4.69) is 25.3 Å². The number of hydrogen-bond acceptors (Lipinski definition) is 7. The van der Waals surface area contributed by atoms with Crippen LogP contribution in [0.2, 0.25) is 0 Å². The van der Waals surface area contributed by atoms with Crippen LogP contribution in [-0.4, -0.2) is 51.7 Å². The van der Waals surface area contributed by atoms with Gasteiger partial charge in [0.15, 0.2) is 0 Å². The topological polar surface area (TPSA) is 102 Å². The summed E-state index contributed by atoms with van der Waals surface area (Å²) in [5.74, 6) is -2.22. The van der Waals surface area contributed by atoms with Gasteiger partial charge in [-0.05, 0) is 56.9 Å². The van der Waals surface area contributed by atoms with Gasteiger partial charge in [0, 0.05) is 30.9 Å². The molecule has 0 unspecified atom stereocenters. The smallest absolute Gasteiger partial charge is 0.453 e. The number of nitrogens with one attached hydrogen (secondary N) is 1. The molecule has 186 valence electrons. The third-order valence-electron chi connectivity index (χ3n) is 6.04. The van der Waals surface area contributed by atoms with E-state index >= 15 is 0 Å². The van der Waals surface area contributed by atoms with Crippen molar-refractivity contribution in [3.05, 3.63) is 46.5 Å². The van der Waals surface area contributed by atoms with Gasteiger partial charge in [-0.1, -0.05) is 0 Å². The van der Waals surface area contributed by atoms with E-state index in [1.54, 1.807) is 32.0 Å². The van der Waals surface area contributed by atoms with Crippen molar-refractivity contribution in [2.75, 3.05) is 30.4 Å². The summed E-state index contributed by atoms with van der Waals surface area (Å²) in [6, 6.07) is 5.05. The Morgan fingerprint density at radius 3 is 2.51 bits per heavy atom. The summed E-state index contributed by atoms with van der Waals surface area (Å²) in [6.45, 7) is 4.98. The van der Waals surface area contributed by atoms with E-state index < -0.39 is 18.0 Å². The Labute approximate surface area is 199 Å². The van der Waals surface area contributed by atoms with Crippen LogP contribution in [0.5, 0.6) is 0 Å². The Kier molecular flexibility index (Phi) is 6.64. The van der Waals surface area contributed by atoms with E-state index in [1.807, 2.05) is 0 Å². The van der Waals surface area contributed by atoms with E-state index in [4.69, 9.17) is 4.74 Å². The van der Waals surface area contributed by atoms with Crippen molar-refractivity contribution in [3.63, 3.8) is 0 Å². The first kappa shape index (κ1) is 24.4. The SMILES string of the molecule is COC(=O)c1ccc(N2CCCC2)c(NC(=O)CCc2c(C)nc3nc(C(F)(F)F)nn3c2C)c1. The number of anilines is 2. The van der Waals surface area contributed by atoms with Crippen molar-refractivity contribution in [1.29, 1.82) is 0 Å². The van der Waals surface area contributed by atoms with Gasteiger partial charge < -0.3 is 15.0 Å². The number of alkyl halides is 3. The predicted molar refractivity (Wildman–Crippen MR) is 121 cm³/mol. The third kappa shape index (κ3) is 5.05.